The van der Waals surface area contributed by atoms with Crippen molar-refractivity contribution >= 4 is 5.96 Å². The predicted molar refractivity (Wildman–Crippen MR) is 63.2 cm³/mol. The van der Waals surface area contributed by atoms with Crippen molar-refractivity contribution in [3.05, 3.63) is 12.7 Å². The van der Waals surface area contributed by atoms with Crippen LogP contribution in [0.1, 0.15) is 19.3 Å². The fourth-order valence-corrected chi connectivity index (χ4v) is 1.61. The van der Waals surface area contributed by atoms with E-state index in [1.807, 2.05) is 6.08 Å². The van der Waals surface area contributed by atoms with Gasteiger partial charge < -0.3 is 15.4 Å². The average molecular weight is 211 g/mol. The molecule has 86 valence electrons. The molecule has 1 saturated heterocycles. The van der Waals surface area contributed by atoms with Gasteiger partial charge >= 0.3 is 0 Å². The van der Waals surface area contributed by atoms with E-state index in [0.29, 0.717) is 6.10 Å². The molecule has 0 aromatic rings. The molecule has 0 spiro atoms. The summed E-state index contributed by atoms with van der Waals surface area (Å²) in [5.74, 6) is 0.827. The Morgan fingerprint density at radius 2 is 2.47 bits per heavy atom. The molecule has 1 fully saturated rings. The van der Waals surface area contributed by atoms with Gasteiger partial charge in [-0.1, -0.05) is 6.08 Å². The van der Waals surface area contributed by atoms with Crippen molar-refractivity contribution in [3.63, 3.8) is 0 Å². The van der Waals surface area contributed by atoms with Crippen LogP contribution in [0.15, 0.2) is 17.6 Å². The number of hydrogen-bond donors (Lipinski definition) is 2. The van der Waals surface area contributed by atoms with Gasteiger partial charge in [0.15, 0.2) is 5.96 Å². The quantitative estimate of drug-likeness (QED) is 0.403. The molecule has 1 heterocycles. The fraction of sp³-hybridized carbons (Fsp3) is 0.727. The van der Waals surface area contributed by atoms with Crippen molar-refractivity contribution in [1.29, 1.82) is 0 Å². The maximum atomic E-state index is 5.53. The standard InChI is InChI=1S/C11H21N3O/c1-3-7-13-11(12-2)14-8-6-10-5-4-9-15-10/h3,10H,1,4-9H2,2H3,(H2,12,13,14). The molecule has 0 radical (unpaired) electrons. The van der Waals surface area contributed by atoms with Gasteiger partial charge in [-0.2, -0.15) is 0 Å². The van der Waals surface area contributed by atoms with E-state index >= 15 is 0 Å². The molecule has 0 amide bonds. The summed E-state index contributed by atoms with van der Waals surface area (Å²) in [5, 5.41) is 6.37. The van der Waals surface area contributed by atoms with Gasteiger partial charge in [-0.3, -0.25) is 4.99 Å². The van der Waals surface area contributed by atoms with Crippen molar-refractivity contribution < 1.29 is 4.74 Å². The fourth-order valence-electron chi connectivity index (χ4n) is 1.61. The van der Waals surface area contributed by atoms with Crippen molar-refractivity contribution in [2.45, 2.75) is 25.4 Å². The summed E-state index contributed by atoms with van der Waals surface area (Å²) in [5.41, 5.74) is 0. The molecule has 1 atom stereocenters. The molecule has 2 N–H and O–H groups in total. The molecule has 15 heavy (non-hydrogen) atoms. The Labute approximate surface area is 91.8 Å². The van der Waals surface area contributed by atoms with E-state index in [9.17, 15) is 0 Å². The van der Waals surface area contributed by atoms with E-state index in [-0.39, 0.29) is 0 Å². The average Bonchev–Trinajstić information content (AvgIpc) is 2.76. The van der Waals surface area contributed by atoms with Crippen LogP contribution in [0.25, 0.3) is 0 Å². The Bertz CT molecular complexity index is 210. The van der Waals surface area contributed by atoms with E-state index in [0.717, 1.165) is 32.1 Å². The number of nitrogens with zero attached hydrogens (tertiary/aromatic N) is 1. The highest BCUT2D eigenvalue weighted by atomic mass is 16.5. The van der Waals surface area contributed by atoms with E-state index in [1.54, 1.807) is 7.05 Å². The molecule has 4 nitrogen and oxygen atoms in total. The zero-order chi connectivity index (χ0) is 10.9. The summed E-state index contributed by atoms with van der Waals surface area (Å²) in [7, 11) is 1.77. The van der Waals surface area contributed by atoms with Crippen LogP contribution in [0.2, 0.25) is 0 Å². The molecule has 0 bridgehead atoms. The summed E-state index contributed by atoms with van der Waals surface area (Å²) in [6, 6.07) is 0. The third kappa shape index (κ3) is 4.83. The van der Waals surface area contributed by atoms with Gasteiger partial charge in [0.25, 0.3) is 0 Å². The lowest BCUT2D eigenvalue weighted by molar-refractivity contribution is 0.105. The highest BCUT2D eigenvalue weighted by Crippen LogP contribution is 2.14. The number of aliphatic imine (C=N–C) groups is 1. The van der Waals surface area contributed by atoms with Crippen LogP contribution in [0.3, 0.4) is 0 Å². The smallest absolute Gasteiger partial charge is 0.191 e. The second-order valence-corrected chi connectivity index (χ2v) is 3.59. The summed E-state index contributed by atoms with van der Waals surface area (Å²) >= 11 is 0. The summed E-state index contributed by atoms with van der Waals surface area (Å²) in [6.07, 6.45) is 5.70. The monoisotopic (exact) mass is 211 g/mol. The summed E-state index contributed by atoms with van der Waals surface area (Å²) in [4.78, 5) is 4.10. The third-order valence-corrected chi connectivity index (χ3v) is 2.42. The molecule has 0 saturated carbocycles. The zero-order valence-corrected chi connectivity index (χ0v) is 9.46. The highest BCUT2D eigenvalue weighted by Gasteiger charge is 2.14. The Morgan fingerprint density at radius 1 is 1.60 bits per heavy atom. The maximum absolute atomic E-state index is 5.53. The molecule has 1 aliphatic heterocycles. The molecule has 1 rings (SSSR count). The lowest BCUT2D eigenvalue weighted by atomic mass is 10.2. The van der Waals surface area contributed by atoms with Gasteiger partial charge in [-0.05, 0) is 19.3 Å². The Balaban J connectivity index is 2.08. The lowest BCUT2D eigenvalue weighted by Crippen LogP contribution is -2.38. The first kappa shape index (κ1) is 12.0. The lowest BCUT2D eigenvalue weighted by Gasteiger charge is -2.12. The molecule has 1 unspecified atom stereocenters. The van der Waals surface area contributed by atoms with Gasteiger partial charge in [0, 0.05) is 26.7 Å². The first-order valence-corrected chi connectivity index (χ1v) is 5.54. The number of guanidine groups is 1. The molecule has 0 aromatic heterocycles. The van der Waals surface area contributed by atoms with Gasteiger partial charge in [0.05, 0.1) is 6.10 Å². The van der Waals surface area contributed by atoms with Crippen LogP contribution in [-0.2, 0) is 4.74 Å². The Kier molecular flexibility index (Phi) is 5.85. The minimum absolute atomic E-state index is 0.440. The van der Waals surface area contributed by atoms with E-state index in [1.165, 1.54) is 12.8 Å². The second-order valence-electron chi connectivity index (χ2n) is 3.59. The van der Waals surface area contributed by atoms with Gasteiger partial charge in [-0.15, -0.1) is 6.58 Å². The molecule has 0 aromatic carbocycles. The number of ether oxygens (including phenoxy) is 1. The minimum atomic E-state index is 0.440. The van der Waals surface area contributed by atoms with Crippen LogP contribution in [0.5, 0.6) is 0 Å². The zero-order valence-electron chi connectivity index (χ0n) is 9.46. The number of hydrogen-bond acceptors (Lipinski definition) is 2. The van der Waals surface area contributed by atoms with E-state index in [2.05, 4.69) is 22.2 Å². The highest BCUT2D eigenvalue weighted by molar-refractivity contribution is 5.79. The van der Waals surface area contributed by atoms with Gasteiger partial charge in [0.1, 0.15) is 0 Å². The first-order chi connectivity index (χ1) is 7.36. The molecule has 1 aliphatic rings. The van der Waals surface area contributed by atoms with Crippen molar-refractivity contribution in [2.24, 2.45) is 4.99 Å². The van der Waals surface area contributed by atoms with Crippen molar-refractivity contribution in [1.82, 2.24) is 10.6 Å². The van der Waals surface area contributed by atoms with Crippen LogP contribution in [0.4, 0.5) is 0 Å². The number of nitrogens with one attached hydrogen (secondary N) is 2. The topological polar surface area (TPSA) is 45.7 Å². The second kappa shape index (κ2) is 7.29. The molecule has 0 aliphatic carbocycles. The predicted octanol–water partition coefficient (Wildman–Crippen LogP) is 0.906. The maximum Gasteiger partial charge on any atom is 0.191 e. The van der Waals surface area contributed by atoms with Crippen LogP contribution >= 0.6 is 0 Å². The molecular formula is C11H21N3O. The van der Waals surface area contributed by atoms with Crippen LogP contribution < -0.4 is 10.6 Å². The Morgan fingerprint density at radius 3 is 3.07 bits per heavy atom. The molecular weight excluding hydrogens is 190 g/mol. The van der Waals surface area contributed by atoms with Gasteiger partial charge in [-0.25, -0.2) is 0 Å². The molecule has 4 heteroatoms. The van der Waals surface area contributed by atoms with Crippen LogP contribution in [0, 0.1) is 0 Å². The first-order valence-electron chi connectivity index (χ1n) is 5.54. The normalized spacial score (nSPS) is 21.4. The van der Waals surface area contributed by atoms with E-state index in [4.69, 9.17) is 4.74 Å². The number of rotatable bonds is 5. The van der Waals surface area contributed by atoms with Crippen molar-refractivity contribution in [3.8, 4) is 0 Å². The largest absolute Gasteiger partial charge is 0.378 e. The Hall–Kier alpha value is -1.03. The van der Waals surface area contributed by atoms with Gasteiger partial charge in [0.2, 0.25) is 0 Å². The van der Waals surface area contributed by atoms with E-state index < -0.39 is 0 Å². The minimum Gasteiger partial charge on any atom is -0.378 e. The van der Waals surface area contributed by atoms with Crippen molar-refractivity contribution in [2.75, 3.05) is 26.7 Å². The third-order valence-electron chi connectivity index (χ3n) is 2.42. The summed E-state index contributed by atoms with van der Waals surface area (Å²) in [6.45, 7) is 6.21. The SMILES string of the molecule is C=CCNC(=NC)NCCC1CCCO1. The summed E-state index contributed by atoms with van der Waals surface area (Å²) < 4.78 is 5.53. The van der Waals surface area contributed by atoms with Crippen LogP contribution in [-0.4, -0.2) is 38.8 Å².